The number of benzene rings is 2. The van der Waals surface area contributed by atoms with Crippen molar-refractivity contribution in [3.05, 3.63) is 89.8 Å². The van der Waals surface area contributed by atoms with Crippen LogP contribution in [0.15, 0.2) is 58.9 Å². The van der Waals surface area contributed by atoms with Crippen LogP contribution in [-0.2, 0) is 9.59 Å². The van der Waals surface area contributed by atoms with Gasteiger partial charge in [-0.1, -0.05) is 45.4 Å². The highest BCUT2D eigenvalue weighted by Gasteiger charge is 2.48. The number of allylic oxidation sites excluding steroid dienone is 4. The molecule has 2 aromatic carbocycles. The van der Waals surface area contributed by atoms with Crippen LogP contribution in [0.4, 0.5) is 11.4 Å². The number of carbonyl (C=O) groups excluding carboxylic acids is 2. The number of carbonyl (C=O) groups is 2. The van der Waals surface area contributed by atoms with Crippen molar-refractivity contribution in [2.24, 2.45) is 10.8 Å². The lowest BCUT2D eigenvalue weighted by Gasteiger charge is -2.47. The van der Waals surface area contributed by atoms with E-state index in [-0.39, 0.29) is 38.9 Å². The van der Waals surface area contributed by atoms with Crippen LogP contribution in [0.25, 0.3) is 0 Å². The van der Waals surface area contributed by atoms with Gasteiger partial charge in [0.05, 0.1) is 20.9 Å². The number of non-ortho nitro benzene ring substituents is 1. The Morgan fingerprint density at radius 1 is 0.829 bits per heavy atom. The van der Waals surface area contributed by atoms with E-state index in [9.17, 15) is 29.8 Å². The molecule has 0 bridgehead atoms. The zero-order chi connectivity index (χ0) is 30.0. The first-order valence-electron chi connectivity index (χ1n) is 13.2. The van der Waals surface area contributed by atoms with Crippen molar-refractivity contribution in [1.82, 2.24) is 4.90 Å². The van der Waals surface area contributed by atoms with Crippen LogP contribution < -0.4 is 4.74 Å². The molecule has 0 saturated heterocycles. The highest BCUT2D eigenvalue weighted by Crippen LogP contribution is 2.54. The number of rotatable bonds is 5. The fraction of sp³-hybridized carbons (Fsp3) is 0.400. The summed E-state index contributed by atoms with van der Waals surface area (Å²) in [6.45, 7) is 8.27. The van der Waals surface area contributed by atoms with Crippen LogP contribution in [0.3, 0.4) is 0 Å². The van der Waals surface area contributed by atoms with Gasteiger partial charge < -0.3 is 9.64 Å². The molecule has 11 heteroatoms. The van der Waals surface area contributed by atoms with Gasteiger partial charge in [0, 0.05) is 54.4 Å². The molecule has 0 amide bonds. The molecule has 0 aromatic heterocycles. The first-order chi connectivity index (χ1) is 19.1. The van der Waals surface area contributed by atoms with Gasteiger partial charge in [0.2, 0.25) is 5.75 Å². The fourth-order valence-electron chi connectivity index (χ4n) is 6.24. The lowest BCUT2D eigenvalue weighted by atomic mass is 9.64. The van der Waals surface area contributed by atoms with E-state index < -0.39 is 27.1 Å². The third-order valence-corrected chi connectivity index (χ3v) is 8.33. The number of ketones is 2. The topological polar surface area (TPSA) is 133 Å². The van der Waals surface area contributed by atoms with Crippen molar-refractivity contribution >= 4 is 34.5 Å². The second-order valence-corrected chi connectivity index (χ2v) is 13.0. The first-order valence-corrected chi connectivity index (χ1v) is 13.6. The summed E-state index contributed by atoms with van der Waals surface area (Å²) in [7, 11) is 1.94. The Bertz CT molecular complexity index is 1550. The first kappa shape index (κ1) is 28.5. The van der Waals surface area contributed by atoms with Crippen molar-refractivity contribution in [2.45, 2.75) is 59.3 Å². The van der Waals surface area contributed by atoms with E-state index in [2.05, 4.69) is 27.7 Å². The lowest BCUT2D eigenvalue weighted by molar-refractivity contribution is -0.394. The van der Waals surface area contributed by atoms with E-state index in [1.807, 2.05) is 11.9 Å². The number of hydrogen-bond donors (Lipinski definition) is 0. The van der Waals surface area contributed by atoms with Crippen molar-refractivity contribution in [1.29, 1.82) is 0 Å². The van der Waals surface area contributed by atoms with Gasteiger partial charge in [-0.15, -0.1) is 0 Å². The Morgan fingerprint density at radius 2 is 1.37 bits per heavy atom. The van der Waals surface area contributed by atoms with E-state index in [4.69, 9.17) is 16.3 Å². The van der Waals surface area contributed by atoms with E-state index in [0.717, 1.165) is 29.6 Å². The summed E-state index contributed by atoms with van der Waals surface area (Å²) in [6.07, 6.45) is 2.09. The SMILES string of the molecule is CN1C2=C(C(=O)CC(C)(C)C2)C(c2ccc(Oc3ccc([N+](=O)[O-])cc3[N+](=O)[O-])c(Cl)c2)C2=C1CC(C)(C)CC2=O. The minimum Gasteiger partial charge on any atom is -0.449 e. The highest BCUT2D eigenvalue weighted by atomic mass is 35.5. The monoisotopic (exact) mass is 579 g/mol. The predicted molar refractivity (Wildman–Crippen MR) is 152 cm³/mol. The van der Waals surface area contributed by atoms with Gasteiger partial charge in [-0.3, -0.25) is 29.8 Å². The van der Waals surface area contributed by atoms with Gasteiger partial charge in [0.1, 0.15) is 5.75 Å². The van der Waals surface area contributed by atoms with Crippen LogP contribution in [-0.4, -0.2) is 33.4 Å². The Kier molecular flexibility index (Phi) is 6.80. The summed E-state index contributed by atoms with van der Waals surface area (Å²) in [5.41, 5.74) is 2.22. The van der Waals surface area contributed by atoms with Gasteiger partial charge in [-0.05, 0) is 47.4 Å². The van der Waals surface area contributed by atoms with Crippen molar-refractivity contribution in [3.8, 4) is 11.5 Å². The summed E-state index contributed by atoms with van der Waals surface area (Å²) in [4.78, 5) is 50.5. The fourth-order valence-corrected chi connectivity index (χ4v) is 6.47. The maximum absolute atomic E-state index is 13.7. The number of Topliss-reactive ketones (excluding diaryl/α,β-unsaturated/α-hetero) is 2. The maximum Gasteiger partial charge on any atom is 0.318 e. The quantitative estimate of drug-likeness (QED) is 0.267. The molecule has 2 aliphatic carbocycles. The Hall–Kier alpha value is -4.05. The van der Waals surface area contributed by atoms with Gasteiger partial charge in [-0.25, -0.2) is 0 Å². The number of ether oxygens (including phenoxy) is 1. The van der Waals surface area contributed by atoms with Crippen LogP contribution in [0.5, 0.6) is 11.5 Å². The zero-order valence-electron chi connectivity index (χ0n) is 23.4. The molecule has 0 radical (unpaired) electrons. The summed E-state index contributed by atoms with van der Waals surface area (Å²) in [6, 6.07) is 7.96. The Labute approximate surface area is 241 Å². The molecule has 0 saturated carbocycles. The molecule has 0 atom stereocenters. The van der Waals surface area contributed by atoms with Crippen molar-refractivity contribution in [2.75, 3.05) is 7.05 Å². The van der Waals surface area contributed by atoms with Crippen LogP contribution in [0, 0.1) is 31.1 Å². The Morgan fingerprint density at radius 3 is 1.85 bits per heavy atom. The van der Waals surface area contributed by atoms with E-state index in [1.54, 1.807) is 12.1 Å². The minimum absolute atomic E-state index is 0.00441. The number of nitro benzene ring substituents is 2. The molecule has 2 aromatic rings. The van der Waals surface area contributed by atoms with Crippen molar-refractivity contribution in [3.63, 3.8) is 0 Å². The van der Waals surface area contributed by atoms with Gasteiger partial charge in [0.25, 0.3) is 5.69 Å². The van der Waals surface area contributed by atoms with Crippen LogP contribution >= 0.6 is 11.6 Å². The van der Waals surface area contributed by atoms with E-state index in [0.29, 0.717) is 42.4 Å². The number of nitro groups is 2. The molecule has 3 aliphatic rings. The normalized spacial score (nSPS) is 20.1. The average Bonchev–Trinajstić information content (AvgIpc) is 2.85. The van der Waals surface area contributed by atoms with Gasteiger partial charge in [-0.2, -0.15) is 0 Å². The molecule has 0 fully saturated rings. The zero-order valence-corrected chi connectivity index (χ0v) is 24.2. The summed E-state index contributed by atoms with van der Waals surface area (Å²) < 4.78 is 5.74. The number of nitrogens with zero attached hydrogens (tertiary/aromatic N) is 3. The Balaban J connectivity index is 1.60. The van der Waals surface area contributed by atoms with Crippen molar-refractivity contribution < 1.29 is 24.2 Å². The molecule has 5 rings (SSSR count). The molecule has 1 aliphatic heterocycles. The smallest absolute Gasteiger partial charge is 0.318 e. The molecule has 0 N–H and O–H groups in total. The average molecular weight is 580 g/mol. The molecular formula is C30H30ClN3O7. The van der Waals surface area contributed by atoms with E-state index >= 15 is 0 Å². The molecule has 1 heterocycles. The molecule has 41 heavy (non-hydrogen) atoms. The summed E-state index contributed by atoms with van der Waals surface area (Å²) >= 11 is 6.64. The van der Waals surface area contributed by atoms with Gasteiger partial charge >= 0.3 is 5.69 Å². The second-order valence-electron chi connectivity index (χ2n) is 12.6. The third-order valence-electron chi connectivity index (χ3n) is 8.04. The third kappa shape index (κ3) is 5.12. The van der Waals surface area contributed by atoms with E-state index in [1.165, 1.54) is 6.07 Å². The lowest BCUT2D eigenvalue weighted by Crippen LogP contribution is -2.43. The molecule has 10 nitrogen and oxygen atoms in total. The number of halogens is 1. The molecular weight excluding hydrogens is 550 g/mol. The molecule has 214 valence electrons. The summed E-state index contributed by atoms with van der Waals surface area (Å²) in [5.74, 6) is -0.719. The summed E-state index contributed by atoms with van der Waals surface area (Å²) in [5, 5.41) is 22.8. The van der Waals surface area contributed by atoms with Gasteiger partial charge in [0.15, 0.2) is 11.6 Å². The largest absolute Gasteiger partial charge is 0.449 e. The van der Waals surface area contributed by atoms with Crippen LogP contribution in [0.2, 0.25) is 5.02 Å². The standard InChI is InChI=1S/C30H30ClN3O7/c1-29(2)12-20-27(22(35)14-29)26(28-21(32(20)5)13-30(3,4)15-23(28)36)16-6-8-24(18(31)10-16)41-25-9-7-17(33(37)38)11-19(25)34(39)40/h6-11,26H,12-15H2,1-5H3. The minimum atomic E-state index is -0.766. The molecule has 0 unspecified atom stereocenters. The maximum atomic E-state index is 13.7. The second kappa shape index (κ2) is 9.80. The molecule has 0 spiro atoms. The van der Waals surface area contributed by atoms with Crippen LogP contribution in [0.1, 0.15) is 64.9 Å². The predicted octanol–water partition coefficient (Wildman–Crippen LogP) is 7.26. The highest BCUT2D eigenvalue weighted by molar-refractivity contribution is 6.32. The number of hydrogen-bond acceptors (Lipinski definition) is 8.